The Kier molecular flexibility index (Phi) is 5.30. The molecule has 1 saturated carbocycles. The highest BCUT2D eigenvalue weighted by atomic mass is 14.9. The molecule has 0 bridgehead atoms. The third kappa shape index (κ3) is 3.99. The Morgan fingerprint density at radius 2 is 1.89 bits per heavy atom. The molecule has 0 amide bonds. The molecule has 0 spiro atoms. The Bertz CT molecular complexity index is 383. The van der Waals surface area contributed by atoms with Crippen molar-refractivity contribution in [1.82, 2.24) is 0 Å². The van der Waals surface area contributed by atoms with Gasteiger partial charge in [0, 0.05) is 11.7 Å². The van der Waals surface area contributed by atoms with Crippen LogP contribution in [-0.2, 0) is 6.42 Å². The molecule has 1 fully saturated rings. The van der Waals surface area contributed by atoms with Crippen LogP contribution < -0.4 is 5.32 Å². The van der Waals surface area contributed by atoms with Gasteiger partial charge in [0.05, 0.1) is 0 Å². The summed E-state index contributed by atoms with van der Waals surface area (Å²) in [6.07, 6.45) is 7.98. The van der Waals surface area contributed by atoms with Crippen molar-refractivity contribution in [2.75, 3.05) is 5.32 Å². The first-order valence-electron chi connectivity index (χ1n) is 8.05. The first kappa shape index (κ1) is 14.4. The second kappa shape index (κ2) is 6.98. The van der Waals surface area contributed by atoms with Crippen molar-refractivity contribution in [2.45, 2.75) is 65.3 Å². The van der Waals surface area contributed by atoms with Gasteiger partial charge >= 0.3 is 0 Å². The van der Waals surface area contributed by atoms with Gasteiger partial charge in [-0.05, 0) is 49.1 Å². The number of aryl methyl sites for hydroxylation is 1. The lowest BCUT2D eigenvalue weighted by Crippen LogP contribution is -2.19. The normalized spacial score (nSPS) is 24.2. The van der Waals surface area contributed by atoms with Crippen molar-refractivity contribution in [3.8, 4) is 0 Å². The van der Waals surface area contributed by atoms with Crippen LogP contribution in [-0.4, -0.2) is 6.04 Å². The summed E-state index contributed by atoms with van der Waals surface area (Å²) < 4.78 is 0. The Morgan fingerprint density at radius 3 is 2.63 bits per heavy atom. The lowest BCUT2D eigenvalue weighted by Gasteiger charge is -2.21. The zero-order valence-corrected chi connectivity index (χ0v) is 12.8. The second-order valence-electron chi connectivity index (χ2n) is 6.36. The maximum Gasteiger partial charge on any atom is 0.0374 e. The number of benzene rings is 1. The molecule has 0 radical (unpaired) electrons. The number of hydrogen-bond acceptors (Lipinski definition) is 1. The van der Waals surface area contributed by atoms with Gasteiger partial charge in [0.2, 0.25) is 0 Å². The number of rotatable bonds is 4. The number of nitrogens with one attached hydrogen (secondary N) is 1. The highest BCUT2D eigenvalue weighted by Crippen LogP contribution is 2.30. The number of para-hydroxylation sites is 1. The smallest absolute Gasteiger partial charge is 0.0374 e. The van der Waals surface area contributed by atoms with Crippen molar-refractivity contribution in [1.29, 1.82) is 0 Å². The highest BCUT2D eigenvalue weighted by molar-refractivity contribution is 5.51. The fourth-order valence-corrected chi connectivity index (χ4v) is 3.33. The van der Waals surface area contributed by atoms with E-state index in [1.54, 1.807) is 0 Å². The Balaban J connectivity index is 1.96. The molecule has 1 aliphatic rings. The van der Waals surface area contributed by atoms with E-state index in [0.29, 0.717) is 6.04 Å². The van der Waals surface area contributed by atoms with Crippen molar-refractivity contribution in [3.63, 3.8) is 0 Å². The van der Waals surface area contributed by atoms with Crippen LogP contribution in [0.4, 0.5) is 5.69 Å². The molecule has 0 aliphatic heterocycles. The molecule has 0 saturated heterocycles. The third-order valence-electron chi connectivity index (χ3n) is 4.71. The van der Waals surface area contributed by atoms with Crippen LogP contribution >= 0.6 is 0 Å². The molecular weight excluding hydrogens is 230 g/mol. The molecule has 1 nitrogen and oxygen atoms in total. The van der Waals surface area contributed by atoms with Crippen molar-refractivity contribution >= 4 is 5.69 Å². The SMILES string of the molecule is CCc1ccccc1NC1CCCC(C(C)C)CC1. The minimum atomic E-state index is 0.677. The van der Waals surface area contributed by atoms with Crippen LogP contribution in [0, 0.1) is 11.8 Å². The molecule has 2 atom stereocenters. The number of hydrogen-bond donors (Lipinski definition) is 1. The van der Waals surface area contributed by atoms with E-state index in [1.807, 2.05) is 0 Å². The Hall–Kier alpha value is -0.980. The fourth-order valence-electron chi connectivity index (χ4n) is 3.33. The molecule has 0 aromatic heterocycles. The van der Waals surface area contributed by atoms with Crippen molar-refractivity contribution < 1.29 is 0 Å². The van der Waals surface area contributed by atoms with Gasteiger partial charge in [-0.2, -0.15) is 0 Å². The number of anilines is 1. The van der Waals surface area contributed by atoms with Crippen LogP contribution in [0.2, 0.25) is 0 Å². The van der Waals surface area contributed by atoms with Crippen molar-refractivity contribution in [3.05, 3.63) is 29.8 Å². The van der Waals surface area contributed by atoms with Gasteiger partial charge in [0.1, 0.15) is 0 Å². The quantitative estimate of drug-likeness (QED) is 0.727. The van der Waals surface area contributed by atoms with Crippen molar-refractivity contribution in [2.24, 2.45) is 11.8 Å². The molecule has 2 unspecified atom stereocenters. The van der Waals surface area contributed by atoms with Crippen LogP contribution in [0.15, 0.2) is 24.3 Å². The largest absolute Gasteiger partial charge is 0.382 e. The van der Waals surface area contributed by atoms with E-state index in [2.05, 4.69) is 50.4 Å². The predicted octanol–water partition coefficient (Wildman–Crippen LogP) is 5.27. The summed E-state index contributed by atoms with van der Waals surface area (Å²) in [6.45, 7) is 7.00. The Labute approximate surface area is 118 Å². The first-order chi connectivity index (χ1) is 9.20. The first-order valence-corrected chi connectivity index (χ1v) is 8.05. The monoisotopic (exact) mass is 259 g/mol. The average molecular weight is 259 g/mol. The summed E-state index contributed by atoms with van der Waals surface area (Å²) in [7, 11) is 0. The van der Waals surface area contributed by atoms with E-state index >= 15 is 0 Å². The van der Waals surface area contributed by atoms with Gasteiger partial charge in [-0.1, -0.05) is 51.8 Å². The van der Waals surface area contributed by atoms with Gasteiger partial charge in [-0.25, -0.2) is 0 Å². The lowest BCUT2D eigenvalue weighted by molar-refractivity contribution is 0.341. The van der Waals surface area contributed by atoms with Crippen LogP contribution in [0.1, 0.15) is 58.4 Å². The molecule has 1 aromatic rings. The lowest BCUT2D eigenvalue weighted by atomic mass is 9.89. The summed E-state index contributed by atoms with van der Waals surface area (Å²) in [6, 6.07) is 9.46. The van der Waals surface area contributed by atoms with Gasteiger partial charge in [-0.3, -0.25) is 0 Å². The van der Waals surface area contributed by atoms with Crippen LogP contribution in [0.3, 0.4) is 0 Å². The minimum absolute atomic E-state index is 0.677. The predicted molar refractivity (Wildman–Crippen MR) is 84.6 cm³/mol. The van der Waals surface area contributed by atoms with E-state index in [1.165, 1.54) is 43.4 Å². The molecular formula is C18H29N. The van der Waals surface area contributed by atoms with E-state index in [-0.39, 0.29) is 0 Å². The maximum absolute atomic E-state index is 3.80. The van der Waals surface area contributed by atoms with Crippen LogP contribution in [0.5, 0.6) is 0 Å². The maximum atomic E-state index is 3.80. The summed E-state index contributed by atoms with van der Waals surface area (Å²) in [5.41, 5.74) is 2.81. The zero-order chi connectivity index (χ0) is 13.7. The minimum Gasteiger partial charge on any atom is -0.382 e. The molecule has 1 aliphatic carbocycles. The van der Waals surface area contributed by atoms with Gasteiger partial charge < -0.3 is 5.32 Å². The summed E-state index contributed by atoms with van der Waals surface area (Å²) in [5.74, 6) is 1.79. The molecule has 1 aromatic carbocycles. The summed E-state index contributed by atoms with van der Waals surface area (Å²) in [5, 5.41) is 3.80. The molecule has 106 valence electrons. The average Bonchev–Trinajstić information content (AvgIpc) is 2.65. The molecule has 1 N–H and O–H groups in total. The molecule has 2 rings (SSSR count). The molecule has 19 heavy (non-hydrogen) atoms. The zero-order valence-electron chi connectivity index (χ0n) is 12.8. The van der Waals surface area contributed by atoms with E-state index in [0.717, 1.165) is 18.3 Å². The summed E-state index contributed by atoms with van der Waals surface area (Å²) >= 11 is 0. The topological polar surface area (TPSA) is 12.0 Å². The van der Waals surface area contributed by atoms with E-state index < -0.39 is 0 Å². The second-order valence-corrected chi connectivity index (χ2v) is 6.36. The summed E-state index contributed by atoms with van der Waals surface area (Å²) in [4.78, 5) is 0. The van der Waals surface area contributed by atoms with Gasteiger partial charge in [0.15, 0.2) is 0 Å². The molecule has 1 heteroatoms. The van der Waals surface area contributed by atoms with Crippen LogP contribution in [0.25, 0.3) is 0 Å². The van der Waals surface area contributed by atoms with Gasteiger partial charge in [-0.15, -0.1) is 0 Å². The standard InChI is InChI=1S/C18H29N/c1-4-15-8-5-6-11-18(15)19-17-10-7-9-16(12-13-17)14(2)3/h5-6,8,11,14,16-17,19H,4,7,9-10,12-13H2,1-3H3. The third-order valence-corrected chi connectivity index (χ3v) is 4.71. The Morgan fingerprint density at radius 1 is 1.11 bits per heavy atom. The fraction of sp³-hybridized carbons (Fsp3) is 0.667. The van der Waals surface area contributed by atoms with E-state index in [9.17, 15) is 0 Å². The van der Waals surface area contributed by atoms with E-state index in [4.69, 9.17) is 0 Å². The van der Waals surface area contributed by atoms with Gasteiger partial charge in [0.25, 0.3) is 0 Å². The highest BCUT2D eigenvalue weighted by Gasteiger charge is 2.21. The molecule has 0 heterocycles.